The Bertz CT molecular complexity index is 739. The Morgan fingerprint density at radius 2 is 2.22 bits per heavy atom. The maximum Gasteiger partial charge on any atom is 0.418 e. The highest BCUT2D eigenvalue weighted by molar-refractivity contribution is 7.80. The Labute approximate surface area is 156 Å². The lowest BCUT2D eigenvalue weighted by Gasteiger charge is -2.29. The number of hydrogen-bond donors (Lipinski definition) is 3. The summed E-state index contributed by atoms with van der Waals surface area (Å²) in [4.78, 5) is 31.0. The minimum Gasteiger partial charge on any atom is -0.311 e. The fraction of sp³-hybridized carbons (Fsp3) is 0.786. The van der Waals surface area contributed by atoms with Crippen LogP contribution in [0.3, 0.4) is 0 Å². The summed E-state index contributed by atoms with van der Waals surface area (Å²) in [6.07, 6.45) is 1.90. The van der Waals surface area contributed by atoms with Gasteiger partial charge >= 0.3 is 16.4 Å². The van der Waals surface area contributed by atoms with E-state index in [4.69, 9.17) is 14.7 Å². The van der Waals surface area contributed by atoms with Crippen molar-refractivity contribution in [2.24, 2.45) is 5.92 Å². The summed E-state index contributed by atoms with van der Waals surface area (Å²) in [5.74, 6) is -0.243. The van der Waals surface area contributed by atoms with Crippen LogP contribution in [0.1, 0.15) is 25.7 Å². The molecule has 3 saturated heterocycles. The first kappa shape index (κ1) is 19.8. The molecule has 0 radical (unpaired) electrons. The first-order valence-electron chi connectivity index (χ1n) is 8.57. The minimum absolute atomic E-state index is 0.0338. The van der Waals surface area contributed by atoms with Crippen molar-refractivity contribution in [2.45, 2.75) is 43.8 Å². The molecule has 0 saturated carbocycles. The topological polar surface area (TPSA) is 161 Å². The number of nitrogens with one attached hydrogen (secondary N) is 2. The lowest BCUT2D eigenvalue weighted by Crippen LogP contribution is -2.50. The van der Waals surface area contributed by atoms with Gasteiger partial charge in [-0.05, 0) is 31.7 Å². The van der Waals surface area contributed by atoms with Gasteiger partial charge in [0.05, 0.1) is 18.7 Å². The fourth-order valence-electron chi connectivity index (χ4n) is 3.70. The summed E-state index contributed by atoms with van der Waals surface area (Å²) in [7, 11) is -4.82. The Balaban J connectivity index is 1.47. The zero-order chi connectivity index (χ0) is 19.6. The molecule has 3 heterocycles. The molecule has 0 aromatic heterocycles. The average molecular weight is 403 g/mol. The largest absolute Gasteiger partial charge is 0.418 e. The van der Waals surface area contributed by atoms with Gasteiger partial charge in [-0.3, -0.25) is 14.2 Å². The van der Waals surface area contributed by atoms with Gasteiger partial charge in [0.1, 0.15) is 6.04 Å². The van der Waals surface area contributed by atoms with E-state index in [-0.39, 0.29) is 25.1 Å². The third-order valence-electron chi connectivity index (χ3n) is 4.95. The molecule has 3 N–H and O–H groups in total. The number of carbonyl (C=O) groups is 2. The summed E-state index contributed by atoms with van der Waals surface area (Å²) < 4.78 is 34.8. The number of amides is 3. The van der Waals surface area contributed by atoms with Crippen molar-refractivity contribution in [3.63, 3.8) is 0 Å². The molecule has 150 valence electrons. The first-order valence-corrected chi connectivity index (χ1v) is 9.94. The molecule has 3 aliphatic heterocycles. The molecule has 3 aliphatic rings. The van der Waals surface area contributed by atoms with E-state index < -0.39 is 34.4 Å². The highest BCUT2D eigenvalue weighted by atomic mass is 32.3. The molecule has 3 rings (SSSR count). The Kier molecular flexibility index (Phi) is 5.82. The number of piperidine rings is 1. The molecule has 12 nitrogen and oxygen atoms in total. The highest BCUT2D eigenvalue weighted by Gasteiger charge is 2.49. The molecule has 13 heteroatoms. The number of hydrogen-bond acceptors (Lipinski definition) is 8. The van der Waals surface area contributed by atoms with Crippen LogP contribution in [0.5, 0.6) is 0 Å². The fourth-order valence-corrected chi connectivity index (χ4v) is 4.09. The van der Waals surface area contributed by atoms with Crippen molar-refractivity contribution in [2.75, 3.05) is 19.7 Å². The van der Waals surface area contributed by atoms with Crippen molar-refractivity contribution in [3.8, 4) is 6.07 Å². The van der Waals surface area contributed by atoms with Crippen LogP contribution in [0.15, 0.2) is 0 Å². The first-order chi connectivity index (χ1) is 12.8. The molecule has 0 aromatic carbocycles. The van der Waals surface area contributed by atoms with E-state index in [1.165, 1.54) is 4.90 Å². The second-order valence-corrected chi connectivity index (χ2v) is 7.86. The Morgan fingerprint density at radius 1 is 1.44 bits per heavy atom. The van der Waals surface area contributed by atoms with Crippen LogP contribution >= 0.6 is 0 Å². The van der Waals surface area contributed by atoms with E-state index in [1.54, 1.807) is 0 Å². The number of nitriles is 1. The van der Waals surface area contributed by atoms with Crippen LogP contribution < -0.4 is 10.8 Å². The molecule has 0 unspecified atom stereocenters. The Hall–Kier alpha value is -1.98. The van der Waals surface area contributed by atoms with Crippen molar-refractivity contribution in [1.29, 1.82) is 5.26 Å². The van der Waals surface area contributed by atoms with Gasteiger partial charge in [-0.15, -0.1) is 4.28 Å². The van der Waals surface area contributed by atoms with Crippen molar-refractivity contribution in [3.05, 3.63) is 0 Å². The van der Waals surface area contributed by atoms with Crippen LogP contribution in [-0.4, -0.2) is 72.7 Å². The van der Waals surface area contributed by atoms with Gasteiger partial charge in [0.15, 0.2) is 0 Å². The van der Waals surface area contributed by atoms with E-state index in [0.717, 1.165) is 13.0 Å². The van der Waals surface area contributed by atoms with Gasteiger partial charge in [-0.2, -0.15) is 18.7 Å². The maximum absolute atomic E-state index is 12.3. The zero-order valence-electron chi connectivity index (χ0n) is 14.4. The zero-order valence-corrected chi connectivity index (χ0v) is 15.2. The van der Waals surface area contributed by atoms with Gasteiger partial charge in [0, 0.05) is 19.0 Å². The minimum atomic E-state index is -4.82. The van der Waals surface area contributed by atoms with E-state index >= 15 is 0 Å². The molecule has 3 amide bonds. The number of carbonyl (C=O) groups excluding carboxylic acids is 2. The molecule has 0 aliphatic carbocycles. The molecule has 0 spiro atoms. The second kappa shape index (κ2) is 7.95. The lowest BCUT2D eigenvalue weighted by atomic mass is 10.0. The normalized spacial score (nSPS) is 30.4. The molecule has 3 fully saturated rings. The lowest BCUT2D eigenvalue weighted by molar-refractivity contribution is -0.139. The van der Waals surface area contributed by atoms with Gasteiger partial charge in [0.25, 0.3) is 5.91 Å². The summed E-state index contributed by atoms with van der Waals surface area (Å²) in [6, 6.07) is -0.00124. The third kappa shape index (κ3) is 4.66. The van der Waals surface area contributed by atoms with E-state index in [0.29, 0.717) is 24.3 Å². The number of fused-ring (bicyclic) bond motifs is 2. The van der Waals surface area contributed by atoms with Crippen LogP contribution in [0, 0.1) is 17.2 Å². The summed E-state index contributed by atoms with van der Waals surface area (Å²) in [5, 5.41) is 12.5. The van der Waals surface area contributed by atoms with Crippen LogP contribution in [-0.2, 0) is 24.3 Å². The third-order valence-corrected chi connectivity index (χ3v) is 5.30. The molecule has 2 bridgehead atoms. The van der Waals surface area contributed by atoms with Gasteiger partial charge in [-0.1, -0.05) is 0 Å². The summed E-state index contributed by atoms with van der Waals surface area (Å²) in [6.45, 7) is 1.08. The summed E-state index contributed by atoms with van der Waals surface area (Å²) in [5.41, 5.74) is 2.33. The quantitative estimate of drug-likeness (QED) is 0.355. The van der Waals surface area contributed by atoms with Gasteiger partial charge < -0.3 is 10.2 Å². The second-order valence-electron chi connectivity index (χ2n) is 6.86. The van der Waals surface area contributed by atoms with Crippen LogP contribution in [0.2, 0.25) is 0 Å². The maximum atomic E-state index is 12.3. The van der Waals surface area contributed by atoms with E-state index in [2.05, 4.69) is 21.1 Å². The highest BCUT2D eigenvalue weighted by Crippen LogP contribution is 2.30. The van der Waals surface area contributed by atoms with Crippen LogP contribution in [0.25, 0.3) is 0 Å². The predicted molar refractivity (Wildman–Crippen MR) is 87.6 cm³/mol. The predicted octanol–water partition coefficient (Wildman–Crippen LogP) is -1.07. The number of rotatable bonds is 7. The molecule has 27 heavy (non-hydrogen) atoms. The van der Waals surface area contributed by atoms with Crippen LogP contribution in [0.4, 0.5) is 4.79 Å². The number of nitrogens with zero attached hydrogens (tertiary/aromatic N) is 3. The smallest absolute Gasteiger partial charge is 0.311 e. The van der Waals surface area contributed by atoms with Gasteiger partial charge in [0.2, 0.25) is 0 Å². The Morgan fingerprint density at radius 3 is 2.93 bits per heavy atom. The molecule has 0 aromatic rings. The summed E-state index contributed by atoms with van der Waals surface area (Å²) >= 11 is 0. The van der Waals surface area contributed by atoms with E-state index in [9.17, 15) is 18.0 Å². The molecular formula is C14H21N5O7S. The average Bonchev–Trinajstić information content (AvgIpc) is 3.13. The van der Waals surface area contributed by atoms with Gasteiger partial charge in [-0.25, -0.2) is 10.3 Å². The van der Waals surface area contributed by atoms with Crippen molar-refractivity contribution >= 4 is 22.3 Å². The van der Waals surface area contributed by atoms with Crippen molar-refractivity contribution in [1.82, 2.24) is 20.8 Å². The number of hydroxylamine groups is 3. The number of urea groups is 1. The van der Waals surface area contributed by atoms with Crippen molar-refractivity contribution < 1.29 is 31.7 Å². The standard InChI is InChI=1S/C14H21N5O7S/c15-4-3-9-5-10(16-6-9)8-25-17-13(20)12-2-1-11-7-18(12)14(21)19(11)26-27(22,23)24/h9-12,16H,1-3,5-8H2,(H,17,20)(H,22,23,24)/t9-,10+,11+,12-/m0/s1. The molecular weight excluding hydrogens is 382 g/mol. The SMILES string of the molecule is N#CC[C@@H]1CN[C@@H](CONC(=O)[C@@H]2CC[C@@H]3CN2C(=O)N3OS(=O)(=O)O)C1. The molecule has 4 atom stereocenters. The van der Waals surface area contributed by atoms with E-state index in [1.807, 2.05) is 0 Å². The monoisotopic (exact) mass is 403 g/mol.